The van der Waals surface area contributed by atoms with Crippen LogP contribution < -0.4 is 5.32 Å². The van der Waals surface area contributed by atoms with E-state index >= 15 is 0 Å². The summed E-state index contributed by atoms with van der Waals surface area (Å²) in [4.78, 5) is 15.6. The van der Waals surface area contributed by atoms with Gasteiger partial charge in [-0.05, 0) is 44.6 Å². The number of carboxylic acids is 1. The molecule has 0 amide bonds. The van der Waals surface area contributed by atoms with Gasteiger partial charge in [0.05, 0.1) is 11.4 Å². The lowest BCUT2D eigenvalue weighted by molar-refractivity contribution is 0.0696. The summed E-state index contributed by atoms with van der Waals surface area (Å²) in [6, 6.07) is 1.84. The van der Waals surface area contributed by atoms with Gasteiger partial charge >= 0.3 is 5.97 Å². The molecule has 1 aliphatic rings. The van der Waals surface area contributed by atoms with Crippen molar-refractivity contribution in [3.8, 4) is 0 Å². The van der Waals surface area contributed by atoms with Gasteiger partial charge in [-0.1, -0.05) is 19.8 Å². The minimum absolute atomic E-state index is 0.305. The van der Waals surface area contributed by atoms with Crippen LogP contribution in [0.4, 0.5) is 5.69 Å². The second-order valence-corrected chi connectivity index (χ2v) is 6.10. The highest BCUT2D eigenvalue weighted by atomic mass is 16.4. The molecule has 0 saturated heterocycles. The Morgan fingerprint density at radius 1 is 1.45 bits per heavy atom. The summed E-state index contributed by atoms with van der Waals surface area (Å²) in [6.07, 6.45) is 5.08. The van der Waals surface area contributed by atoms with Gasteiger partial charge in [0.2, 0.25) is 0 Å². The van der Waals surface area contributed by atoms with Gasteiger partial charge in [0.25, 0.3) is 0 Å². The number of rotatable bonds is 4. The van der Waals surface area contributed by atoms with Gasteiger partial charge in [-0.3, -0.25) is 4.98 Å². The van der Waals surface area contributed by atoms with Crippen molar-refractivity contribution < 1.29 is 9.90 Å². The van der Waals surface area contributed by atoms with E-state index in [2.05, 4.69) is 17.2 Å². The van der Waals surface area contributed by atoms with Gasteiger partial charge < -0.3 is 10.4 Å². The zero-order valence-electron chi connectivity index (χ0n) is 12.6. The van der Waals surface area contributed by atoms with Crippen molar-refractivity contribution in [2.75, 3.05) is 11.9 Å². The average Bonchev–Trinajstić information content (AvgIpc) is 2.35. The van der Waals surface area contributed by atoms with Gasteiger partial charge in [-0.25, -0.2) is 4.79 Å². The number of carboxylic acid groups (broad SMARTS) is 1. The molecule has 1 aromatic rings. The summed E-state index contributed by atoms with van der Waals surface area (Å²) in [5, 5.41) is 12.7. The Morgan fingerprint density at radius 2 is 2.20 bits per heavy atom. The first-order chi connectivity index (χ1) is 9.47. The summed E-state index contributed by atoms with van der Waals surface area (Å²) >= 11 is 0. The molecule has 20 heavy (non-hydrogen) atoms. The molecule has 2 atom stereocenters. The fraction of sp³-hybridized carbons (Fsp3) is 0.625. The third kappa shape index (κ3) is 3.50. The van der Waals surface area contributed by atoms with Crippen molar-refractivity contribution in [2.45, 2.75) is 46.5 Å². The van der Waals surface area contributed by atoms with Crippen LogP contribution in [0.1, 0.15) is 54.4 Å². The largest absolute Gasteiger partial charge is 0.478 e. The van der Waals surface area contributed by atoms with Gasteiger partial charge in [0.1, 0.15) is 5.56 Å². The Bertz CT molecular complexity index is 499. The van der Waals surface area contributed by atoms with E-state index in [1.807, 2.05) is 13.0 Å². The third-order valence-corrected chi connectivity index (χ3v) is 4.17. The van der Waals surface area contributed by atoms with Gasteiger partial charge in [-0.2, -0.15) is 0 Å². The van der Waals surface area contributed by atoms with Crippen LogP contribution in [-0.4, -0.2) is 22.6 Å². The molecule has 4 nitrogen and oxygen atoms in total. The molecular weight excluding hydrogens is 252 g/mol. The molecule has 1 fully saturated rings. The Morgan fingerprint density at radius 3 is 2.85 bits per heavy atom. The molecule has 2 rings (SSSR count). The van der Waals surface area contributed by atoms with Crippen molar-refractivity contribution in [3.63, 3.8) is 0 Å². The van der Waals surface area contributed by atoms with Crippen molar-refractivity contribution in [3.05, 3.63) is 23.0 Å². The zero-order valence-corrected chi connectivity index (χ0v) is 12.6. The lowest BCUT2D eigenvalue weighted by Crippen LogP contribution is -2.22. The van der Waals surface area contributed by atoms with Crippen LogP contribution >= 0.6 is 0 Å². The van der Waals surface area contributed by atoms with Gasteiger partial charge in [0.15, 0.2) is 0 Å². The number of hydrogen-bond donors (Lipinski definition) is 2. The first kappa shape index (κ1) is 14.8. The quantitative estimate of drug-likeness (QED) is 0.881. The molecule has 2 N–H and O–H groups in total. The standard InChI is InChI=1S/C16H24N2O2/c1-10-5-4-6-13(7-10)9-17-14-8-11(2)18-12(3)15(14)16(19)20/h8,10,13H,4-7,9H2,1-3H3,(H,17,18)(H,19,20). The van der Waals surface area contributed by atoms with E-state index in [9.17, 15) is 9.90 Å². The van der Waals surface area contributed by atoms with E-state index < -0.39 is 5.97 Å². The normalized spacial score (nSPS) is 22.6. The Balaban J connectivity index is 2.10. The van der Waals surface area contributed by atoms with Gasteiger partial charge in [0, 0.05) is 12.2 Å². The predicted octanol–water partition coefficient (Wildman–Crippen LogP) is 3.63. The molecule has 0 bridgehead atoms. The topological polar surface area (TPSA) is 62.2 Å². The van der Waals surface area contributed by atoms with Crippen LogP contribution in [0.15, 0.2) is 6.07 Å². The number of pyridine rings is 1. The minimum Gasteiger partial charge on any atom is -0.478 e. The smallest absolute Gasteiger partial charge is 0.339 e. The highest BCUT2D eigenvalue weighted by Crippen LogP contribution is 2.29. The summed E-state index contributed by atoms with van der Waals surface area (Å²) in [5.41, 5.74) is 2.45. The Labute approximate surface area is 120 Å². The molecule has 1 aromatic heterocycles. The Kier molecular flexibility index (Phi) is 4.63. The highest BCUT2D eigenvalue weighted by Gasteiger charge is 2.20. The maximum atomic E-state index is 11.4. The lowest BCUT2D eigenvalue weighted by Gasteiger charge is -2.27. The van der Waals surface area contributed by atoms with Crippen LogP contribution in [0.3, 0.4) is 0 Å². The van der Waals surface area contributed by atoms with Gasteiger partial charge in [-0.15, -0.1) is 0 Å². The number of aromatic carboxylic acids is 1. The first-order valence-electron chi connectivity index (χ1n) is 7.42. The summed E-state index contributed by atoms with van der Waals surface area (Å²) in [5.74, 6) is 0.527. The van der Waals surface area contributed by atoms with E-state index in [1.54, 1.807) is 6.92 Å². The number of aromatic nitrogens is 1. The molecule has 1 heterocycles. The molecule has 0 aromatic carbocycles. The molecule has 1 saturated carbocycles. The molecule has 0 aliphatic heterocycles. The minimum atomic E-state index is -0.908. The molecule has 0 radical (unpaired) electrons. The van der Waals surface area contributed by atoms with Crippen molar-refractivity contribution in [1.29, 1.82) is 0 Å². The summed E-state index contributed by atoms with van der Waals surface area (Å²) in [6.45, 7) is 6.81. The van der Waals surface area contributed by atoms with Crippen LogP contribution in [-0.2, 0) is 0 Å². The van der Waals surface area contributed by atoms with E-state index in [0.717, 1.165) is 18.2 Å². The molecular formula is C16H24N2O2. The van der Waals surface area contributed by atoms with Crippen LogP contribution in [0.25, 0.3) is 0 Å². The molecule has 1 aliphatic carbocycles. The molecule has 110 valence electrons. The van der Waals surface area contributed by atoms with Crippen molar-refractivity contribution in [2.24, 2.45) is 11.8 Å². The fourth-order valence-corrected chi connectivity index (χ4v) is 3.24. The Hall–Kier alpha value is -1.58. The monoisotopic (exact) mass is 276 g/mol. The number of hydrogen-bond acceptors (Lipinski definition) is 3. The number of nitrogens with one attached hydrogen (secondary N) is 1. The molecule has 4 heteroatoms. The van der Waals surface area contributed by atoms with E-state index in [0.29, 0.717) is 22.9 Å². The number of nitrogens with zero attached hydrogens (tertiary/aromatic N) is 1. The highest BCUT2D eigenvalue weighted by molar-refractivity contribution is 5.95. The SMILES string of the molecule is Cc1cc(NCC2CCCC(C)C2)c(C(=O)O)c(C)n1. The first-order valence-corrected chi connectivity index (χ1v) is 7.42. The molecule has 2 unspecified atom stereocenters. The number of carbonyl (C=O) groups is 1. The third-order valence-electron chi connectivity index (χ3n) is 4.17. The fourth-order valence-electron chi connectivity index (χ4n) is 3.24. The average molecular weight is 276 g/mol. The van der Waals surface area contributed by atoms with Crippen molar-refractivity contribution in [1.82, 2.24) is 4.98 Å². The number of aryl methyl sites for hydroxylation is 2. The second kappa shape index (κ2) is 6.25. The van der Waals surface area contributed by atoms with E-state index in [4.69, 9.17) is 0 Å². The van der Waals surface area contributed by atoms with Crippen molar-refractivity contribution >= 4 is 11.7 Å². The summed E-state index contributed by atoms with van der Waals surface area (Å²) < 4.78 is 0. The van der Waals surface area contributed by atoms with Crippen LogP contribution in [0, 0.1) is 25.7 Å². The maximum Gasteiger partial charge on any atom is 0.339 e. The van der Waals surface area contributed by atoms with E-state index in [-0.39, 0.29) is 0 Å². The molecule has 0 spiro atoms. The van der Waals surface area contributed by atoms with Crippen LogP contribution in [0.2, 0.25) is 0 Å². The zero-order chi connectivity index (χ0) is 14.7. The number of anilines is 1. The second-order valence-electron chi connectivity index (χ2n) is 6.10. The maximum absolute atomic E-state index is 11.4. The summed E-state index contributed by atoms with van der Waals surface area (Å²) in [7, 11) is 0. The predicted molar refractivity (Wildman–Crippen MR) is 80.3 cm³/mol. The lowest BCUT2D eigenvalue weighted by atomic mass is 9.82. The van der Waals surface area contributed by atoms with Crippen LogP contribution in [0.5, 0.6) is 0 Å². The van der Waals surface area contributed by atoms with E-state index in [1.165, 1.54) is 25.7 Å².